The van der Waals surface area contributed by atoms with E-state index in [1.165, 1.54) is 6.20 Å². The summed E-state index contributed by atoms with van der Waals surface area (Å²) in [6, 6.07) is 3.35. The lowest BCUT2D eigenvalue weighted by Crippen LogP contribution is -1.91. The van der Waals surface area contributed by atoms with E-state index in [-0.39, 0.29) is 5.03 Å². The zero-order valence-electron chi connectivity index (χ0n) is 5.44. The van der Waals surface area contributed by atoms with Crippen LogP contribution >= 0.6 is 0 Å². The number of hydrogen-bond acceptors (Lipinski definition) is 2. The molecule has 1 N–H and O–H groups in total. The van der Waals surface area contributed by atoms with Gasteiger partial charge in [0.1, 0.15) is 0 Å². The first-order valence-corrected chi connectivity index (χ1v) is 3.84. The predicted molar refractivity (Wildman–Crippen MR) is 38.0 cm³/mol. The third-order valence-corrected chi connectivity index (χ3v) is 1.65. The Morgan fingerprint density at radius 2 is 2.40 bits per heavy atom. The van der Waals surface area contributed by atoms with Crippen LogP contribution in [0.3, 0.4) is 0 Å². The molecule has 0 saturated carbocycles. The summed E-state index contributed by atoms with van der Waals surface area (Å²) in [6.07, 6.45) is 1.51. The molecule has 0 amide bonds. The molecule has 1 rings (SSSR count). The fourth-order valence-electron chi connectivity index (χ4n) is 0.604. The molecule has 0 aromatic carbocycles. The third kappa shape index (κ3) is 1.62. The molecule has 3 nitrogen and oxygen atoms in total. The van der Waals surface area contributed by atoms with E-state index in [9.17, 15) is 4.21 Å². The van der Waals surface area contributed by atoms with Crippen LogP contribution in [0.15, 0.2) is 23.4 Å². The molecule has 0 radical (unpaired) electrons. The molecule has 0 fully saturated rings. The molecule has 4 heteroatoms. The molecule has 1 aromatic rings. The van der Waals surface area contributed by atoms with Crippen molar-refractivity contribution in [3.05, 3.63) is 23.9 Å². The smallest absolute Gasteiger partial charge is 0.205 e. The minimum Gasteiger partial charge on any atom is -0.301 e. The Kier molecular flexibility index (Phi) is 2.13. The number of pyridine rings is 1. The predicted octanol–water partition coefficient (Wildman–Crippen LogP) is 0.971. The number of rotatable bonds is 1. The third-order valence-electron chi connectivity index (χ3n) is 1.07. The van der Waals surface area contributed by atoms with Gasteiger partial charge in [0, 0.05) is 6.20 Å². The van der Waals surface area contributed by atoms with E-state index < -0.39 is 11.1 Å². The van der Waals surface area contributed by atoms with Crippen molar-refractivity contribution < 1.29 is 8.76 Å². The highest BCUT2D eigenvalue weighted by Gasteiger charge is 1.98. The van der Waals surface area contributed by atoms with Crippen LogP contribution in [0.1, 0.15) is 5.56 Å². The Balaban J connectivity index is 3.07. The molecule has 1 heterocycles. The van der Waals surface area contributed by atoms with Crippen molar-refractivity contribution >= 4 is 11.1 Å². The second-order valence-corrected chi connectivity index (χ2v) is 2.84. The quantitative estimate of drug-likeness (QED) is 0.618. The minimum absolute atomic E-state index is 0.208. The lowest BCUT2D eigenvalue weighted by atomic mass is 10.3. The summed E-state index contributed by atoms with van der Waals surface area (Å²) in [5.41, 5.74) is 0.937. The Morgan fingerprint density at radius 3 is 2.80 bits per heavy atom. The van der Waals surface area contributed by atoms with E-state index >= 15 is 0 Å². The molecular weight excluding hydrogens is 150 g/mol. The average molecular weight is 157 g/mol. The van der Waals surface area contributed by atoms with Crippen LogP contribution in [0, 0.1) is 6.92 Å². The highest BCUT2D eigenvalue weighted by molar-refractivity contribution is 7.79. The minimum atomic E-state index is -1.95. The van der Waals surface area contributed by atoms with Gasteiger partial charge >= 0.3 is 0 Å². The second kappa shape index (κ2) is 2.90. The monoisotopic (exact) mass is 157 g/mol. The van der Waals surface area contributed by atoms with Crippen molar-refractivity contribution in [2.24, 2.45) is 0 Å². The molecule has 0 bridgehead atoms. The van der Waals surface area contributed by atoms with Gasteiger partial charge in [0.2, 0.25) is 11.1 Å². The average Bonchev–Trinajstić information content (AvgIpc) is 1.88. The molecule has 10 heavy (non-hydrogen) atoms. The molecule has 54 valence electrons. The fourth-order valence-corrected chi connectivity index (χ4v) is 1.04. The summed E-state index contributed by atoms with van der Waals surface area (Å²) in [7, 11) is 0. The SMILES string of the molecule is Cc1ccnc(S(=O)O)c1. The van der Waals surface area contributed by atoms with E-state index in [0.717, 1.165) is 5.56 Å². The van der Waals surface area contributed by atoms with Gasteiger partial charge in [0.15, 0.2) is 5.03 Å². The molecule has 1 atom stereocenters. The highest BCUT2D eigenvalue weighted by atomic mass is 32.2. The summed E-state index contributed by atoms with van der Waals surface area (Å²) in [4.78, 5) is 3.69. The molecule has 1 unspecified atom stereocenters. The van der Waals surface area contributed by atoms with Crippen LogP contribution in [0.4, 0.5) is 0 Å². The molecule has 1 aromatic heterocycles. The molecule has 0 aliphatic carbocycles. The Morgan fingerprint density at radius 1 is 1.70 bits per heavy atom. The van der Waals surface area contributed by atoms with Crippen molar-refractivity contribution in [3.63, 3.8) is 0 Å². The number of hydrogen-bond donors (Lipinski definition) is 1. The lowest BCUT2D eigenvalue weighted by molar-refractivity contribution is 0.560. The van der Waals surface area contributed by atoms with Crippen LogP contribution in [0.2, 0.25) is 0 Å². The lowest BCUT2D eigenvalue weighted by Gasteiger charge is -1.93. The van der Waals surface area contributed by atoms with Gasteiger partial charge < -0.3 is 4.55 Å². The fraction of sp³-hybridized carbons (Fsp3) is 0.167. The topological polar surface area (TPSA) is 50.2 Å². The Labute approximate surface area is 61.4 Å². The van der Waals surface area contributed by atoms with Gasteiger partial charge in [-0.25, -0.2) is 9.19 Å². The van der Waals surface area contributed by atoms with Gasteiger partial charge in [-0.1, -0.05) is 0 Å². The highest BCUT2D eigenvalue weighted by Crippen LogP contribution is 2.02. The first-order valence-electron chi connectivity index (χ1n) is 2.73. The van der Waals surface area contributed by atoms with Crippen molar-refractivity contribution in [2.45, 2.75) is 11.9 Å². The van der Waals surface area contributed by atoms with Crippen molar-refractivity contribution in [2.75, 3.05) is 0 Å². The van der Waals surface area contributed by atoms with Crippen molar-refractivity contribution in [1.29, 1.82) is 0 Å². The van der Waals surface area contributed by atoms with Crippen molar-refractivity contribution in [3.8, 4) is 0 Å². The van der Waals surface area contributed by atoms with E-state index in [1.807, 2.05) is 6.92 Å². The first kappa shape index (κ1) is 7.37. The first-order chi connectivity index (χ1) is 4.70. The van der Waals surface area contributed by atoms with Crippen molar-refractivity contribution in [1.82, 2.24) is 4.98 Å². The molecule has 0 saturated heterocycles. The number of aryl methyl sites for hydroxylation is 1. The maximum atomic E-state index is 10.4. The van der Waals surface area contributed by atoms with Gasteiger partial charge in [0.05, 0.1) is 0 Å². The summed E-state index contributed by atoms with van der Waals surface area (Å²) < 4.78 is 19.0. The van der Waals surface area contributed by atoms with Gasteiger partial charge in [-0.05, 0) is 24.6 Å². The summed E-state index contributed by atoms with van der Waals surface area (Å²) in [5.74, 6) is 0. The van der Waals surface area contributed by atoms with Crippen LogP contribution < -0.4 is 0 Å². The summed E-state index contributed by atoms with van der Waals surface area (Å²) >= 11 is -1.95. The summed E-state index contributed by atoms with van der Waals surface area (Å²) in [6.45, 7) is 1.85. The van der Waals surface area contributed by atoms with Crippen LogP contribution in [0.5, 0.6) is 0 Å². The van der Waals surface area contributed by atoms with Crippen LogP contribution in [-0.2, 0) is 11.1 Å². The normalized spacial score (nSPS) is 13.0. The van der Waals surface area contributed by atoms with Crippen LogP contribution in [-0.4, -0.2) is 13.7 Å². The van der Waals surface area contributed by atoms with Gasteiger partial charge in [-0.15, -0.1) is 0 Å². The van der Waals surface area contributed by atoms with Gasteiger partial charge in [-0.2, -0.15) is 0 Å². The zero-order chi connectivity index (χ0) is 7.56. The standard InChI is InChI=1S/C6H7NO2S/c1-5-2-3-7-6(4-5)10(8)9/h2-4H,1H3,(H,8,9). The number of aromatic nitrogens is 1. The van der Waals surface area contributed by atoms with Crippen LogP contribution in [0.25, 0.3) is 0 Å². The Bertz CT molecular complexity index is 262. The van der Waals surface area contributed by atoms with Gasteiger partial charge in [-0.3, -0.25) is 0 Å². The second-order valence-electron chi connectivity index (χ2n) is 1.92. The maximum absolute atomic E-state index is 10.4. The summed E-state index contributed by atoms with van der Waals surface area (Å²) in [5, 5.41) is 0.208. The molecular formula is C6H7NO2S. The molecule has 0 aliphatic heterocycles. The van der Waals surface area contributed by atoms with E-state index in [1.54, 1.807) is 12.1 Å². The molecule has 0 spiro atoms. The van der Waals surface area contributed by atoms with E-state index in [2.05, 4.69) is 4.98 Å². The van der Waals surface area contributed by atoms with E-state index in [4.69, 9.17) is 4.55 Å². The maximum Gasteiger partial charge on any atom is 0.205 e. The van der Waals surface area contributed by atoms with E-state index in [0.29, 0.717) is 0 Å². The largest absolute Gasteiger partial charge is 0.301 e. The Hall–Kier alpha value is -0.740. The molecule has 0 aliphatic rings. The van der Waals surface area contributed by atoms with Gasteiger partial charge in [0.25, 0.3) is 0 Å². The number of nitrogens with zero attached hydrogens (tertiary/aromatic N) is 1. The zero-order valence-corrected chi connectivity index (χ0v) is 6.26.